The minimum Gasteiger partial charge on any atom is -0.466 e. The second-order valence-corrected chi connectivity index (χ2v) is 12.2. The highest BCUT2D eigenvalue weighted by molar-refractivity contribution is 7.95. The summed E-state index contributed by atoms with van der Waals surface area (Å²) >= 11 is 1.07. The van der Waals surface area contributed by atoms with E-state index < -0.39 is 27.3 Å². The summed E-state index contributed by atoms with van der Waals surface area (Å²) < 4.78 is 35.1. The molecule has 1 aliphatic rings. The van der Waals surface area contributed by atoms with Gasteiger partial charge in [-0.05, 0) is 43.2 Å². The highest BCUT2D eigenvalue weighted by Gasteiger charge is 2.42. The van der Waals surface area contributed by atoms with Gasteiger partial charge in [-0.2, -0.15) is 0 Å². The first-order chi connectivity index (χ1) is 18.6. The fourth-order valence-corrected chi connectivity index (χ4v) is 7.49. The molecule has 3 aromatic carbocycles. The molecule has 2 N–H and O–H groups in total. The van der Waals surface area contributed by atoms with E-state index in [0.29, 0.717) is 10.1 Å². The lowest BCUT2D eigenvalue weighted by Crippen LogP contribution is -2.41. The summed E-state index contributed by atoms with van der Waals surface area (Å²) in [5, 5.41) is 0. The zero-order valence-electron chi connectivity index (χ0n) is 21.5. The van der Waals surface area contributed by atoms with E-state index in [0.717, 1.165) is 32.6 Å². The molecule has 39 heavy (non-hydrogen) atoms. The van der Waals surface area contributed by atoms with E-state index in [2.05, 4.69) is 0 Å². The third-order valence-electron chi connectivity index (χ3n) is 6.63. The fourth-order valence-electron chi connectivity index (χ4n) is 4.62. The Hall–Kier alpha value is -4.21. The summed E-state index contributed by atoms with van der Waals surface area (Å²) in [7, 11) is -3.02. The summed E-state index contributed by atoms with van der Waals surface area (Å²) in [6.45, 7) is 3.87. The van der Waals surface area contributed by atoms with Crippen LogP contribution in [0.5, 0.6) is 0 Å². The van der Waals surface area contributed by atoms with Crippen LogP contribution in [0.1, 0.15) is 28.2 Å². The molecule has 0 unspecified atom stereocenters. The van der Waals surface area contributed by atoms with Crippen LogP contribution in [0.4, 0.5) is 0 Å². The van der Waals surface area contributed by atoms with E-state index in [9.17, 15) is 18.0 Å². The largest absolute Gasteiger partial charge is 0.466 e. The normalized spacial score (nSPS) is 15.8. The molecule has 0 amide bonds. The number of allylic oxidation sites excluding steroid dienone is 1. The molecule has 5 rings (SSSR count). The van der Waals surface area contributed by atoms with Gasteiger partial charge in [0, 0.05) is 0 Å². The van der Waals surface area contributed by atoms with E-state index in [1.54, 1.807) is 36.4 Å². The molecule has 0 spiro atoms. The van der Waals surface area contributed by atoms with E-state index >= 15 is 0 Å². The molecule has 0 aliphatic carbocycles. The van der Waals surface area contributed by atoms with Crippen molar-refractivity contribution in [2.45, 2.75) is 24.7 Å². The summed E-state index contributed by atoms with van der Waals surface area (Å²) in [6, 6.07) is 22.6. The van der Waals surface area contributed by atoms with Gasteiger partial charge in [0.15, 0.2) is 0 Å². The number of methoxy groups -OCH3 is 1. The number of benzene rings is 3. The van der Waals surface area contributed by atoms with Crippen LogP contribution in [0.3, 0.4) is 0 Å². The molecule has 1 aromatic heterocycles. The number of rotatable bonds is 5. The van der Waals surface area contributed by atoms with Crippen molar-refractivity contribution in [3.63, 3.8) is 0 Å². The monoisotopic (exact) mass is 558 g/mol. The van der Waals surface area contributed by atoms with Gasteiger partial charge >= 0.3 is 5.97 Å². The van der Waals surface area contributed by atoms with Crippen molar-refractivity contribution >= 4 is 44.6 Å². The second kappa shape index (κ2) is 10.2. The number of aryl methyl sites for hydroxylation is 2. The van der Waals surface area contributed by atoms with E-state index in [1.165, 1.54) is 19.2 Å². The van der Waals surface area contributed by atoms with Crippen LogP contribution in [-0.4, -0.2) is 26.1 Å². The molecule has 1 atom stereocenters. The first-order valence-electron chi connectivity index (χ1n) is 12.1. The van der Waals surface area contributed by atoms with Gasteiger partial charge < -0.3 is 10.5 Å². The molecule has 7 nitrogen and oxygen atoms in total. The summed E-state index contributed by atoms with van der Waals surface area (Å²) in [4.78, 5) is 26.9. The van der Waals surface area contributed by atoms with Gasteiger partial charge in [0.1, 0.15) is 15.4 Å². The average Bonchev–Trinajstić information content (AvgIpc) is 3.25. The SMILES string of the molecule is COC(=O)C1=c2s/c(=C\c3ccc(C)cc3)c(=O)n2C(N)=C(S(=O)(=O)c2ccccc2)[C@H]1c1ccc(C)cc1. The minimum atomic E-state index is -4.25. The zero-order valence-corrected chi connectivity index (χ0v) is 23.2. The lowest BCUT2D eigenvalue weighted by atomic mass is 9.89. The van der Waals surface area contributed by atoms with Gasteiger partial charge in [-0.25, -0.2) is 13.2 Å². The van der Waals surface area contributed by atoms with Crippen molar-refractivity contribution in [1.29, 1.82) is 0 Å². The molecule has 0 radical (unpaired) electrons. The molecule has 9 heteroatoms. The number of sulfone groups is 1. The number of nitrogens with two attached hydrogens (primary N) is 1. The second-order valence-electron chi connectivity index (χ2n) is 9.28. The van der Waals surface area contributed by atoms with Crippen molar-refractivity contribution in [1.82, 2.24) is 4.57 Å². The Kier molecular flexibility index (Phi) is 6.88. The Bertz CT molecular complexity index is 1900. The van der Waals surface area contributed by atoms with Crippen LogP contribution in [-0.2, 0) is 19.4 Å². The number of nitrogens with zero attached hydrogens (tertiary/aromatic N) is 1. The predicted octanol–water partition coefficient (Wildman–Crippen LogP) is 3.04. The number of fused-ring (bicyclic) bond motifs is 1. The number of hydrogen-bond donors (Lipinski definition) is 1. The van der Waals surface area contributed by atoms with Crippen LogP contribution in [0.25, 0.3) is 17.5 Å². The van der Waals surface area contributed by atoms with Crippen molar-refractivity contribution in [3.05, 3.63) is 126 Å². The van der Waals surface area contributed by atoms with Crippen LogP contribution in [0.2, 0.25) is 0 Å². The maximum Gasteiger partial charge on any atom is 0.337 e. The van der Waals surface area contributed by atoms with Crippen molar-refractivity contribution in [3.8, 4) is 0 Å². The van der Waals surface area contributed by atoms with Crippen molar-refractivity contribution in [2.24, 2.45) is 5.73 Å². The van der Waals surface area contributed by atoms with Gasteiger partial charge in [-0.3, -0.25) is 9.36 Å². The quantitative estimate of drug-likeness (QED) is 0.377. The molecular formula is C30H26N2O5S2. The Labute approximate surface area is 229 Å². The van der Waals surface area contributed by atoms with E-state index in [1.807, 2.05) is 50.2 Å². The Morgan fingerprint density at radius 2 is 1.54 bits per heavy atom. The standard InChI is InChI=1S/C30H26N2O5S2/c1-18-9-13-20(14-10-18)17-23-28(33)32-27(31)26(39(35,36)22-7-5-4-6-8-22)24(21-15-11-19(2)12-16-21)25(29(32)38-23)30(34)37-3/h4-17,24H,31H2,1-3H3/b23-17-/t24-/m0/s1. The molecule has 1 aliphatic heterocycles. The molecule has 0 saturated heterocycles. The fraction of sp³-hybridized carbons (Fsp3) is 0.133. The van der Waals surface area contributed by atoms with Crippen LogP contribution in [0.15, 0.2) is 93.5 Å². The van der Waals surface area contributed by atoms with Gasteiger partial charge in [-0.1, -0.05) is 77.9 Å². The lowest BCUT2D eigenvalue weighted by Gasteiger charge is -2.28. The highest BCUT2D eigenvalue weighted by Crippen LogP contribution is 2.42. The highest BCUT2D eigenvalue weighted by atomic mass is 32.2. The number of ether oxygens (including phenoxy) is 1. The van der Waals surface area contributed by atoms with E-state index in [-0.39, 0.29) is 25.9 Å². The Morgan fingerprint density at radius 1 is 0.949 bits per heavy atom. The summed E-state index contributed by atoms with van der Waals surface area (Å²) in [5.74, 6) is -2.07. The number of esters is 1. The van der Waals surface area contributed by atoms with Crippen molar-refractivity contribution in [2.75, 3.05) is 7.11 Å². The number of aromatic nitrogens is 1. The molecule has 0 saturated carbocycles. The van der Waals surface area contributed by atoms with Gasteiger partial charge in [0.2, 0.25) is 9.84 Å². The molecule has 0 fully saturated rings. The maximum atomic E-state index is 14.1. The number of hydrogen-bond acceptors (Lipinski definition) is 7. The van der Waals surface area contributed by atoms with Crippen LogP contribution >= 0.6 is 11.3 Å². The van der Waals surface area contributed by atoms with Gasteiger partial charge in [0.25, 0.3) is 5.56 Å². The smallest absolute Gasteiger partial charge is 0.337 e. The lowest BCUT2D eigenvalue weighted by molar-refractivity contribution is -0.134. The average molecular weight is 559 g/mol. The summed E-state index contributed by atoms with van der Waals surface area (Å²) in [6.07, 6.45) is 1.70. The van der Waals surface area contributed by atoms with Crippen LogP contribution in [0, 0.1) is 13.8 Å². The number of carbonyl (C=O) groups is 1. The molecule has 2 heterocycles. The molecule has 0 bridgehead atoms. The van der Waals surface area contributed by atoms with Gasteiger partial charge in [0.05, 0.1) is 28.0 Å². The third kappa shape index (κ3) is 4.64. The zero-order chi connectivity index (χ0) is 27.9. The first kappa shape index (κ1) is 26.4. The van der Waals surface area contributed by atoms with Crippen LogP contribution < -0.4 is 20.5 Å². The third-order valence-corrected chi connectivity index (χ3v) is 9.66. The topological polar surface area (TPSA) is 108 Å². The Balaban J connectivity index is 1.92. The Morgan fingerprint density at radius 3 is 2.13 bits per heavy atom. The maximum absolute atomic E-state index is 14.1. The number of thiazole rings is 1. The first-order valence-corrected chi connectivity index (χ1v) is 14.4. The molecule has 198 valence electrons. The van der Waals surface area contributed by atoms with E-state index in [4.69, 9.17) is 10.5 Å². The predicted molar refractivity (Wildman–Crippen MR) is 153 cm³/mol. The molecule has 4 aromatic rings. The van der Waals surface area contributed by atoms with Crippen molar-refractivity contribution < 1.29 is 17.9 Å². The van der Waals surface area contributed by atoms with Gasteiger partial charge in [-0.15, -0.1) is 11.3 Å². The molecular weight excluding hydrogens is 532 g/mol. The minimum absolute atomic E-state index is 0.00227. The summed E-state index contributed by atoms with van der Waals surface area (Å²) in [5.41, 5.74) is 9.46. The number of carbonyl (C=O) groups excluding carboxylic acids is 1.